The summed E-state index contributed by atoms with van der Waals surface area (Å²) in [5.74, 6) is -0.101. The third-order valence-electron chi connectivity index (χ3n) is 2.62. The van der Waals surface area contributed by atoms with Crippen LogP contribution in [0.25, 0.3) is 0 Å². The maximum Gasteiger partial charge on any atom is 0.269 e. The van der Waals surface area contributed by atoms with Gasteiger partial charge in [-0.05, 0) is 18.1 Å². The van der Waals surface area contributed by atoms with Crippen molar-refractivity contribution in [3.8, 4) is 0 Å². The largest absolute Gasteiger partial charge is 0.362 e. The molecule has 0 spiro atoms. The van der Waals surface area contributed by atoms with Gasteiger partial charge in [-0.2, -0.15) is 0 Å². The van der Waals surface area contributed by atoms with Gasteiger partial charge in [0.15, 0.2) is 0 Å². The molecule has 0 fully saturated rings. The molecule has 1 aromatic carbocycles. The van der Waals surface area contributed by atoms with Crippen LogP contribution in [0, 0.1) is 16.0 Å². The van der Waals surface area contributed by atoms with Gasteiger partial charge in [0.1, 0.15) is 6.17 Å². The first-order chi connectivity index (χ1) is 10.1. The molecule has 122 valence electrons. The molecule has 1 aromatic rings. The second-order valence-corrected chi connectivity index (χ2v) is 7.46. The summed E-state index contributed by atoms with van der Waals surface area (Å²) in [7, 11) is 0. The number of amides is 1. The molecule has 0 aliphatic carbocycles. The van der Waals surface area contributed by atoms with Crippen molar-refractivity contribution in [2.24, 2.45) is 5.92 Å². The number of halogens is 3. The Bertz CT molecular complexity index is 530. The maximum atomic E-state index is 11.8. The molecule has 6 nitrogen and oxygen atoms in total. The van der Waals surface area contributed by atoms with Crippen molar-refractivity contribution in [2.45, 2.75) is 30.2 Å². The molecule has 0 heterocycles. The fraction of sp³-hybridized carbons (Fsp3) is 0.462. The van der Waals surface area contributed by atoms with Crippen LogP contribution in [0.1, 0.15) is 20.3 Å². The Balaban J connectivity index is 2.81. The van der Waals surface area contributed by atoms with Crippen LogP contribution < -0.4 is 10.6 Å². The van der Waals surface area contributed by atoms with E-state index in [4.69, 9.17) is 34.8 Å². The number of hydrogen-bond acceptors (Lipinski definition) is 4. The van der Waals surface area contributed by atoms with E-state index in [1.807, 2.05) is 13.8 Å². The third-order valence-corrected chi connectivity index (χ3v) is 3.27. The van der Waals surface area contributed by atoms with Gasteiger partial charge in [-0.25, -0.2) is 0 Å². The average molecular weight is 369 g/mol. The molecule has 1 amide bonds. The number of anilines is 1. The van der Waals surface area contributed by atoms with Crippen molar-refractivity contribution in [3.63, 3.8) is 0 Å². The molecule has 9 heteroatoms. The zero-order chi connectivity index (χ0) is 16.9. The molecule has 22 heavy (non-hydrogen) atoms. The highest BCUT2D eigenvalue weighted by molar-refractivity contribution is 6.68. The first-order valence-corrected chi connectivity index (χ1v) is 7.60. The Morgan fingerprint density at radius 3 is 2.23 bits per heavy atom. The van der Waals surface area contributed by atoms with Gasteiger partial charge in [-0.15, -0.1) is 0 Å². The molecular weight excluding hydrogens is 353 g/mol. The number of nitrogens with one attached hydrogen (secondary N) is 2. The molecule has 0 aliphatic rings. The van der Waals surface area contributed by atoms with Crippen molar-refractivity contribution in [1.82, 2.24) is 5.32 Å². The highest BCUT2D eigenvalue weighted by Gasteiger charge is 2.34. The van der Waals surface area contributed by atoms with Gasteiger partial charge in [0, 0.05) is 24.2 Å². The fourth-order valence-electron chi connectivity index (χ4n) is 1.64. The van der Waals surface area contributed by atoms with Gasteiger partial charge in [-0.1, -0.05) is 48.7 Å². The lowest BCUT2D eigenvalue weighted by Gasteiger charge is -2.27. The zero-order valence-corrected chi connectivity index (χ0v) is 14.2. The molecule has 0 radical (unpaired) electrons. The molecule has 1 atom stereocenters. The molecular formula is C13H16Cl3N3O3. The van der Waals surface area contributed by atoms with Crippen molar-refractivity contribution in [2.75, 3.05) is 5.32 Å². The minimum absolute atomic E-state index is 0.0557. The predicted octanol–water partition coefficient (Wildman–Crippen LogP) is 3.87. The van der Waals surface area contributed by atoms with Crippen molar-refractivity contribution in [1.29, 1.82) is 0 Å². The van der Waals surface area contributed by atoms with Crippen LogP contribution in [0.4, 0.5) is 11.4 Å². The number of nitrogens with zero attached hydrogens (tertiary/aromatic N) is 1. The van der Waals surface area contributed by atoms with Crippen LogP contribution in [0.2, 0.25) is 0 Å². The van der Waals surface area contributed by atoms with E-state index in [9.17, 15) is 14.9 Å². The highest BCUT2D eigenvalue weighted by atomic mass is 35.6. The summed E-state index contributed by atoms with van der Waals surface area (Å²) in [6, 6.07) is 5.56. The van der Waals surface area contributed by atoms with Gasteiger partial charge in [0.25, 0.3) is 5.69 Å². The number of hydrogen-bond donors (Lipinski definition) is 2. The molecule has 0 aliphatic heterocycles. The molecule has 0 aromatic heterocycles. The van der Waals surface area contributed by atoms with E-state index in [1.54, 1.807) is 0 Å². The van der Waals surface area contributed by atoms with Crippen LogP contribution in [-0.4, -0.2) is 20.8 Å². The number of alkyl halides is 3. The molecule has 0 bridgehead atoms. The van der Waals surface area contributed by atoms with E-state index in [0.29, 0.717) is 12.1 Å². The number of rotatable bonds is 6. The lowest BCUT2D eigenvalue weighted by molar-refractivity contribution is -0.384. The predicted molar refractivity (Wildman–Crippen MR) is 88.4 cm³/mol. The lowest BCUT2D eigenvalue weighted by Crippen LogP contribution is -2.49. The van der Waals surface area contributed by atoms with Crippen molar-refractivity contribution < 1.29 is 9.72 Å². The number of carbonyl (C=O) groups excluding carboxylic acids is 1. The second-order valence-electron chi connectivity index (χ2n) is 5.09. The van der Waals surface area contributed by atoms with E-state index in [1.165, 1.54) is 24.3 Å². The Labute approximate surface area is 143 Å². The summed E-state index contributed by atoms with van der Waals surface area (Å²) in [6.45, 7) is 3.79. The van der Waals surface area contributed by atoms with Crippen molar-refractivity contribution >= 4 is 52.1 Å². The molecule has 0 saturated heterocycles. The first kappa shape index (κ1) is 18.8. The zero-order valence-electron chi connectivity index (χ0n) is 12.0. The van der Waals surface area contributed by atoms with E-state index < -0.39 is 14.9 Å². The normalized spacial score (nSPS) is 12.8. The standard InChI is InChI=1S/C13H16Cl3N3O3/c1-8(2)7-11(20)18-12(13(14,15)16)17-9-3-5-10(6-4-9)19(21)22/h3-6,8,12,17H,7H2,1-2H3,(H,18,20)/t12-/m0/s1. The summed E-state index contributed by atoms with van der Waals surface area (Å²) < 4.78 is -1.78. The minimum Gasteiger partial charge on any atom is -0.362 e. The van der Waals surface area contributed by atoms with Gasteiger partial charge in [0.2, 0.25) is 9.70 Å². The minimum atomic E-state index is -1.78. The first-order valence-electron chi connectivity index (χ1n) is 6.46. The van der Waals surface area contributed by atoms with Gasteiger partial charge < -0.3 is 10.6 Å². The quantitative estimate of drug-likeness (QED) is 0.345. The Hall–Kier alpha value is -1.24. The van der Waals surface area contributed by atoms with Gasteiger partial charge in [0.05, 0.1) is 4.92 Å². The number of nitro benzene ring substituents is 1. The Kier molecular flexibility index (Phi) is 6.71. The van der Waals surface area contributed by atoms with Crippen LogP contribution in [0.15, 0.2) is 24.3 Å². The molecule has 0 saturated carbocycles. The summed E-state index contributed by atoms with van der Waals surface area (Å²) in [6.07, 6.45) is -0.677. The number of carbonyl (C=O) groups is 1. The van der Waals surface area contributed by atoms with Gasteiger partial charge >= 0.3 is 0 Å². The highest BCUT2D eigenvalue weighted by Crippen LogP contribution is 2.31. The average Bonchev–Trinajstić information content (AvgIpc) is 2.36. The maximum absolute atomic E-state index is 11.8. The summed E-state index contributed by atoms with van der Waals surface area (Å²) in [5, 5.41) is 16.0. The van der Waals surface area contributed by atoms with Crippen LogP contribution >= 0.6 is 34.8 Å². The van der Waals surface area contributed by atoms with Gasteiger partial charge in [-0.3, -0.25) is 14.9 Å². The van der Waals surface area contributed by atoms with E-state index in [-0.39, 0.29) is 17.5 Å². The molecule has 2 N–H and O–H groups in total. The van der Waals surface area contributed by atoms with Crippen molar-refractivity contribution in [3.05, 3.63) is 34.4 Å². The van der Waals surface area contributed by atoms with Crippen LogP contribution in [-0.2, 0) is 4.79 Å². The second kappa shape index (κ2) is 7.85. The monoisotopic (exact) mass is 367 g/mol. The van der Waals surface area contributed by atoms with Crippen LogP contribution in [0.3, 0.4) is 0 Å². The molecule has 1 rings (SSSR count). The number of non-ortho nitro benzene ring substituents is 1. The van der Waals surface area contributed by atoms with Crippen LogP contribution in [0.5, 0.6) is 0 Å². The summed E-state index contributed by atoms with van der Waals surface area (Å²) in [5.41, 5.74) is 0.423. The Morgan fingerprint density at radius 1 is 1.27 bits per heavy atom. The number of nitro groups is 1. The summed E-state index contributed by atoms with van der Waals surface area (Å²) in [4.78, 5) is 21.9. The van der Waals surface area contributed by atoms with E-state index in [0.717, 1.165) is 0 Å². The van der Waals surface area contributed by atoms with E-state index in [2.05, 4.69) is 10.6 Å². The fourth-order valence-corrected chi connectivity index (χ4v) is 1.96. The SMILES string of the molecule is CC(C)CC(=O)N[C@H](Nc1ccc([N+](=O)[O-])cc1)C(Cl)(Cl)Cl. The molecule has 0 unspecified atom stereocenters. The smallest absolute Gasteiger partial charge is 0.269 e. The topological polar surface area (TPSA) is 84.3 Å². The summed E-state index contributed by atoms with van der Waals surface area (Å²) >= 11 is 17.6. The Morgan fingerprint density at radius 2 is 1.82 bits per heavy atom. The third kappa shape index (κ3) is 6.25. The number of benzene rings is 1. The van der Waals surface area contributed by atoms with E-state index >= 15 is 0 Å². The lowest BCUT2D eigenvalue weighted by atomic mass is 10.1.